The number of nitrogens with one attached hydrogen (secondary N) is 2. The number of hydrogen-bond acceptors (Lipinski definition) is 3. The molecule has 6 nitrogen and oxygen atoms in total. The lowest BCUT2D eigenvalue weighted by molar-refractivity contribution is -0.0106. The second-order valence-electron chi connectivity index (χ2n) is 7.56. The van der Waals surface area contributed by atoms with Crippen molar-refractivity contribution in [2.45, 2.75) is 18.1 Å². The summed E-state index contributed by atoms with van der Waals surface area (Å²) in [6.45, 7) is -2.20. The predicted octanol–water partition coefficient (Wildman–Crippen LogP) is 4.00. The molecule has 9 heteroatoms. The zero-order valence-electron chi connectivity index (χ0n) is 16.6. The Kier molecular flexibility index (Phi) is 5.34. The Balaban J connectivity index is 1.63. The number of alkyl halides is 2. The number of halogens is 3. The van der Waals surface area contributed by atoms with Crippen LogP contribution in [0.15, 0.2) is 53.3 Å². The van der Waals surface area contributed by atoms with Crippen molar-refractivity contribution in [2.75, 3.05) is 18.7 Å². The summed E-state index contributed by atoms with van der Waals surface area (Å²) in [6, 6.07) is 10.2. The van der Waals surface area contributed by atoms with Crippen LogP contribution < -0.4 is 20.9 Å². The Hall–Kier alpha value is -3.49. The highest BCUT2D eigenvalue weighted by Gasteiger charge is 2.42. The number of pyridine rings is 1. The number of aromatic nitrogens is 1. The number of urea groups is 1. The molecule has 0 saturated carbocycles. The lowest BCUT2D eigenvalue weighted by Gasteiger charge is -2.39. The van der Waals surface area contributed by atoms with E-state index < -0.39 is 36.8 Å². The van der Waals surface area contributed by atoms with Gasteiger partial charge in [-0.15, -0.1) is 0 Å². The van der Waals surface area contributed by atoms with Gasteiger partial charge >= 0.3 is 6.03 Å². The molecule has 2 heterocycles. The molecule has 1 aromatic heterocycles. The van der Waals surface area contributed by atoms with Gasteiger partial charge in [0.2, 0.25) is 0 Å². The fourth-order valence-corrected chi connectivity index (χ4v) is 3.80. The number of hydrogen-bond donors (Lipinski definition) is 2. The summed E-state index contributed by atoms with van der Waals surface area (Å²) in [5.74, 6) is -0.439. The van der Waals surface area contributed by atoms with Gasteiger partial charge in [-0.25, -0.2) is 18.0 Å². The fourth-order valence-electron chi connectivity index (χ4n) is 3.80. The van der Waals surface area contributed by atoms with Crippen LogP contribution >= 0.6 is 0 Å². The van der Waals surface area contributed by atoms with Crippen molar-refractivity contribution >= 4 is 22.6 Å². The summed E-state index contributed by atoms with van der Waals surface area (Å²) in [5, 5.41) is 6.01. The molecule has 3 aromatic rings. The second-order valence-corrected chi connectivity index (χ2v) is 7.56. The summed E-state index contributed by atoms with van der Waals surface area (Å²) in [6.07, 6.45) is -0.200. The fraction of sp³-hybridized carbons (Fsp3) is 0.273. The van der Waals surface area contributed by atoms with Crippen LogP contribution in [0.1, 0.15) is 18.0 Å². The van der Waals surface area contributed by atoms with Gasteiger partial charge in [-0.3, -0.25) is 4.79 Å². The average molecular weight is 431 g/mol. The van der Waals surface area contributed by atoms with Gasteiger partial charge in [-0.1, -0.05) is 6.07 Å². The maximum atomic E-state index is 13.8. The number of nitrogens with zero attached hydrogens (tertiary/aromatic N) is 1. The normalized spacial score (nSPS) is 17.0. The molecule has 1 aliphatic rings. The second kappa shape index (κ2) is 7.98. The van der Waals surface area contributed by atoms with Gasteiger partial charge in [-0.05, 0) is 36.4 Å². The Labute approximate surface area is 175 Å². The first kappa shape index (κ1) is 20.8. The number of carbonyl (C=O) groups excluding carboxylic acids is 1. The van der Waals surface area contributed by atoms with Gasteiger partial charge in [0.15, 0.2) is 5.60 Å². The van der Waals surface area contributed by atoms with Gasteiger partial charge in [0, 0.05) is 30.5 Å². The highest BCUT2D eigenvalue weighted by Crippen LogP contribution is 2.40. The lowest BCUT2D eigenvalue weighted by atomic mass is 9.88. The number of fused-ring (bicyclic) bond motifs is 2. The third-order valence-electron chi connectivity index (χ3n) is 5.46. The van der Waals surface area contributed by atoms with Crippen LogP contribution in [0.5, 0.6) is 5.75 Å². The Bertz CT molecular complexity index is 1210. The Morgan fingerprint density at radius 3 is 2.71 bits per heavy atom. The standard InChI is InChI=1S/C22H20F3N3O3/c1-28-18-4-2-3-16(14(18)6-8-20(28)29)26-21(30)27-17-10-22(11-23,12-24)31-19-7-5-13(25)9-15(17)19/h2-9,17H,10-12H2,1H3,(H2,26,27,30)/t17-/m1/s1. The number of anilines is 1. The molecule has 2 N–H and O–H groups in total. The maximum Gasteiger partial charge on any atom is 0.319 e. The monoisotopic (exact) mass is 431 g/mol. The van der Waals surface area contributed by atoms with Gasteiger partial charge in [0.05, 0.1) is 17.2 Å². The third kappa shape index (κ3) is 3.83. The minimum absolute atomic E-state index is 0.119. The van der Waals surface area contributed by atoms with E-state index in [1.807, 2.05) is 0 Å². The molecule has 1 atom stereocenters. The van der Waals surface area contributed by atoms with E-state index in [0.29, 0.717) is 22.2 Å². The minimum Gasteiger partial charge on any atom is -0.481 e. The van der Waals surface area contributed by atoms with Crippen molar-refractivity contribution in [1.82, 2.24) is 9.88 Å². The molecule has 0 aliphatic carbocycles. The van der Waals surface area contributed by atoms with Crippen LogP contribution in [0.3, 0.4) is 0 Å². The van der Waals surface area contributed by atoms with E-state index in [2.05, 4.69) is 10.6 Å². The summed E-state index contributed by atoms with van der Waals surface area (Å²) in [4.78, 5) is 24.6. The number of amides is 2. The lowest BCUT2D eigenvalue weighted by Crippen LogP contribution is -2.49. The molecule has 0 bridgehead atoms. The smallest absolute Gasteiger partial charge is 0.319 e. The average Bonchev–Trinajstić information content (AvgIpc) is 2.77. The molecule has 31 heavy (non-hydrogen) atoms. The third-order valence-corrected chi connectivity index (χ3v) is 5.46. The number of aryl methyl sites for hydroxylation is 1. The first-order valence-electron chi connectivity index (χ1n) is 9.62. The first-order valence-corrected chi connectivity index (χ1v) is 9.62. The number of carbonyl (C=O) groups is 1. The van der Waals surface area contributed by atoms with E-state index in [1.54, 1.807) is 31.3 Å². The summed E-state index contributed by atoms with van der Waals surface area (Å²) >= 11 is 0. The molecule has 162 valence electrons. The number of rotatable bonds is 4. The molecule has 0 spiro atoms. The number of benzene rings is 2. The van der Waals surface area contributed by atoms with Crippen molar-refractivity contribution in [3.8, 4) is 5.75 Å². The molecule has 0 saturated heterocycles. The van der Waals surface area contributed by atoms with Crippen LogP contribution in [0, 0.1) is 5.82 Å². The molecule has 0 unspecified atom stereocenters. The van der Waals surface area contributed by atoms with Crippen molar-refractivity contribution < 1.29 is 22.7 Å². The zero-order chi connectivity index (χ0) is 22.2. The van der Waals surface area contributed by atoms with E-state index >= 15 is 0 Å². The van der Waals surface area contributed by atoms with Crippen LogP contribution in [0.4, 0.5) is 23.7 Å². The molecular weight excluding hydrogens is 411 g/mol. The highest BCUT2D eigenvalue weighted by molar-refractivity contribution is 6.00. The van der Waals surface area contributed by atoms with E-state index in [9.17, 15) is 22.8 Å². The van der Waals surface area contributed by atoms with Crippen molar-refractivity contribution in [1.29, 1.82) is 0 Å². The Morgan fingerprint density at radius 2 is 1.97 bits per heavy atom. The van der Waals surface area contributed by atoms with E-state index in [-0.39, 0.29) is 17.7 Å². The van der Waals surface area contributed by atoms with Gasteiger partial charge in [0.25, 0.3) is 5.56 Å². The van der Waals surface area contributed by atoms with Crippen LogP contribution in [0.25, 0.3) is 10.9 Å². The molecule has 1 aliphatic heterocycles. The van der Waals surface area contributed by atoms with E-state index in [1.165, 1.54) is 22.8 Å². The molecule has 2 aromatic carbocycles. The quantitative estimate of drug-likeness (QED) is 0.656. The number of ether oxygens (including phenoxy) is 1. The Morgan fingerprint density at radius 1 is 1.19 bits per heavy atom. The molecule has 2 amide bonds. The summed E-state index contributed by atoms with van der Waals surface area (Å²) in [7, 11) is 1.62. The van der Waals surface area contributed by atoms with Crippen LogP contribution in [-0.2, 0) is 7.05 Å². The zero-order valence-corrected chi connectivity index (χ0v) is 16.6. The largest absolute Gasteiger partial charge is 0.481 e. The van der Waals surface area contributed by atoms with Gasteiger partial charge in [-0.2, -0.15) is 0 Å². The highest BCUT2D eigenvalue weighted by atomic mass is 19.1. The van der Waals surface area contributed by atoms with Crippen molar-refractivity contribution in [3.63, 3.8) is 0 Å². The van der Waals surface area contributed by atoms with Gasteiger partial charge in [0.1, 0.15) is 24.9 Å². The SMILES string of the molecule is Cn1c(=O)ccc2c(NC(=O)N[C@@H]3CC(CF)(CF)Oc4ccc(F)cc43)cccc21. The molecule has 4 rings (SSSR count). The van der Waals surface area contributed by atoms with Gasteiger partial charge < -0.3 is 19.9 Å². The maximum absolute atomic E-state index is 13.8. The predicted molar refractivity (Wildman–Crippen MR) is 110 cm³/mol. The van der Waals surface area contributed by atoms with Crippen molar-refractivity contribution in [2.24, 2.45) is 7.05 Å². The first-order chi connectivity index (χ1) is 14.9. The topological polar surface area (TPSA) is 72.4 Å². The summed E-state index contributed by atoms with van der Waals surface area (Å²) < 4.78 is 47.9. The van der Waals surface area contributed by atoms with Crippen molar-refractivity contribution in [3.05, 3.63) is 70.3 Å². The minimum atomic E-state index is -1.75. The molecular formula is C22H20F3N3O3. The summed E-state index contributed by atoms with van der Waals surface area (Å²) in [5.41, 5.74) is -0.575. The van der Waals surface area contributed by atoms with E-state index in [4.69, 9.17) is 4.74 Å². The van der Waals surface area contributed by atoms with E-state index in [0.717, 1.165) is 6.07 Å². The van der Waals surface area contributed by atoms with Crippen LogP contribution in [0.2, 0.25) is 0 Å². The molecule has 0 fully saturated rings. The molecule has 0 radical (unpaired) electrons. The van der Waals surface area contributed by atoms with Crippen LogP contribution in [-0.4, -0.2) is 29.5 Å².